The van der Waals surface area contributed by atoms with Crippen LogP contribution in [0, 0.1) is 0 Å². The molecule has 1 heterocycles. The minimum atomic E-state index is -0.387. The highest BCUT2D eigenvalue weighted by molar-refractivity contribution is 7.10. The second kappa shape index (κ2) is 6.19. The molecule has 0 aliphatic rings. The number of carbonyl (C=O) groups excluding carboxylic acids is 1. The molecule has 2 rings (SSSR count). The third-order valence-electron chi connectivity index (χ3n) is 2.89. The summed E-state index contributed by atoms with van der Waals surface area (Å²) >= 11 is 7.67. The van der Waals surface area contributed by atoms with E-state index in [9.17, 15) is 4.79 Å². The number of amides is 1. The maximum absolute atomic E-state index is 11.0. The van der Waals surface area contributed by atoms with Gasteiger partial charge in [-0.25, -0.2) is 0 Å². The summed E-state index contributed by atoms with van der Waals surface area (Å²) in [6, 6.07) is 9.73. The van der Waals surface area contributed by atoms with Crippen molar-refractivity contribution in [2.45, 2.75) is 19.5 Å². The molecule has 5 heteroatoms. The summed E-state index contributed by atoms with van der Waals surface area (Å²) in [5.41, 5.74) is 6.85. The molecule has 1 aromatic heterocycles. The normalized spacial score (nSPS) is 12.3. The quantitative estimate of drug-likeness (QED) is 0.888. The van der Waals surface area contributed by atoms with Crippen LogP contribution in [0.25, 0.3) is 0 Å². The van der Waals surface area contributed by atoms with Gasteiger partial charge in [-0.1, -0.05) is 29.8 Å². The number of nitrogens with two attached hydrogens (primary N) is 1. The molecule has 100 valence electrons. The molecule has 0 saturated heterocycles. The summed E-state index contributed by atoms with van der Waals surface area (Å²) < 4.78 is 0. The van der Waals surface area contributed by atoms with Crippen LogP contribution in [-0.2, 0) is 6.54 Å². The molecule has 0 bridgehead atoms. The van der Waals surface area contributed by atoms with Crippen LogP contribution in [-0.4, -0.2) is 5.91 Å². The van der Waals surface area contributed by atoms with E-state index in [0.717, 1.165) is 15.5 Å². The number of carbonyl (C=O) groups is 1. The third-order valence-corrected chi connectivity index (χ3v) is 4.17. The van der Waals surface area contributed by atoms with Gasteiger partial charge < -0.3 is 11.1 Å². The Bertz CT molecular complexity index is 582. The number of rotatable bonds is 5. The Morgan fingerprint density at radius 1 is 1.47 bits per heavy atom. The molecule has 2 aromatic rings. The van der Waals surface area contributed by atoms with Crippen LogP contribution in [0.2, 0.25) is 5.02 Å². The number of hydrogen-bond acceptors (Lipinski definition) is 3. The molecular weight excluding hydrogens is 280 g/mol. The van der Waals surface area contributed by atoms with Gasteiger partial charge in [0, 0.05) is 27.9 Å². The Kier molecular flexibility index (Phi) is 4.58. The highest BCUT2D eigenvalue weighted by Gasteiger charge is 2.10. The number of thiophene rings is 1. The minimum Gasteiger partial charge on any atom is -0.366 e. The first-order valence-corrected chi connectivity index (χ1v) is 7.18. The Morgan fingerprint density at radius 3 is 2.84 bits per heavy atom. The van der Waals surface area contributed by atoms with Crippen molar-refractivity contribution in [2.24, 2.45) is 5.73 Å². The predicted octanol–water partition coefficient (Wildman–Crippen LogP) is 3.35. The maximum Gasteiger partial charge on any atom is 0.249 e. The molecule has 19 heavy (non-hydrogen) atoms. The lowest BCUT2D eigenvalue weighted by Gasteiger charge is -2.14. The van der Waals surface area contributed by atoms with E-state index < -0.39 is 0 Å². The molecule has 0 spiro atoms. The first-order chi connectivity index (χ1) is 9.08. The van der Waals surface area contributed by atoms with Crippen molar-refractivity contribution in [3.05, 3.63) is 56.7 Å². The lowest BCUT2D eigenvalue weighted by molar-refractivity contribution is 0.100. The summed E-state index contributed by atoms with van der Waals surface area (Å²) in [7, 11) is 0. The van der Waals surface area contributed by atoms with Crippen molar-refractivity contribution in [3.63, 3.8) is 0 Å². The molecule has 0 fully saturated rings. The van der Waals surface area contributed by atoms with Gasteiger partial charge in [0.25, 0.3) is 0 Å². The van der Waals surface area contributed by atoms with Crippen LogP contribution < -0.4 is 11.1 Å². The van der Waals surface area contributed by atoms with Crippen LogP contribution in [0.5, 0.6) is 0 Å². The fraction of sp³-hybridized carbons (Fsp3) is 0.214. The van der Waals surface area contributed by atoms with Gasteiger partial charge in [-0.05, 0) is 24.6 Å². The Morgan fingerprint density at radius 2 is 2.21 bits per heavy atom. The SMILES string of the molecule is CC(NCc1cc(C(N)=O)cs1)c1ccccc1Cl. The van der Waals surface area contributed by atoms with E-state index in [-0.39, 0.29) is 11.9 Å². The zero-order chi connectivity index (χ0) is 13.8. The zero-order valence-electron chi connectivity index (χ0n) is 10.5. The monoisotopic (exact) mass is 294 g/mol. The molecule has 1 unspecified atom stereocenters. The third kappa shape index (κ3) is 3.56. The average molecular weight is 295 g/mol. The van der Waals surface area contributed by atoms with Gasteiger partial charge in [-0.15, -0.1) is 11.3 Å². The highest BCUT2D eigenvalue weighted by Crippen LogP contribution is 2.23. The largest absolute Gasteiger partial charge is 0.366 e. The molecule has 1 amide bonds. The van der Waals surface area contributed by atoms with Crippen LogP contribution >= 0.6 is 22.9 Å². The first kappa shape index (κ1) is 14.1. The van der Waals surface area contributed by atoms with Crippen molar-refractivity contribution in [1.29, 1.82) is 0 Å². The van der Waals surface area contributed by atoms with Crippen molar-refractivity contribution in [1.82, 2.24) is 5.32 Å². The molecule has 0 aliphatic carbocycles. The van der Waals surface area contributed by atoms with E-state index in [4.69, 9.17) is 17.3 Å². The molecule has 1 aromatic carbocycles. The van der Waals surface area contributed by atoms with E-state index in [1.165, 1.54) is 11.3 Å². The molecule has 1 atom stereocenters. The number of primary amides is 1. The van der Waals surface area contributed by atoms with Gasteiger partial charge >= 0.3 is 0 Å². The molecule has 0 radical (unpaired) electrons. The Labute approximate surface area is 121 Å². The predicted molar refractivity (Wildman–Crippen MR) is 79.5 cm³/mol. The number of hydrogen-bond donors (Lipinski definition) is 2. The van der Waals surface area contributed by atoms with E-state index in [1.807, 2.05) is 30.3 Å². The average Bonchev–Trinajstić information content (AvgIpc) is 2.85. The van der Waals surface area contributed by atoms with E-state index in [0.29, 0.717) is 12.1 Å². The topological polar surface area (TPSA) is 55.1 Å². The molecule has 3 nitrogen and oxygen atoms in total. The second-order valence-electron chi connectivity index (χ2n) is 4.29. The first-order valence-electron chi connectivity index (χ1n) is 5.93. The molecule has 3 N–H and O–H groups in total. The van der Waals surface area contributed by atoms with Crippen LogP contribution in [0.1, 0.15) is 33.8 Å². The Hall–Kier alpha value is -1.36. The van der Waals surface area contributed by atoms with Crippen molar-refractivity contribution >= 4 is 28.8 Å². The van der Waals surface area contributed by atoms with Gasteiger partial charge in [0.2, 0.25) is 5.91 Å². The summed E-state index contributed by atoms with van der Waals surface area (Å²) in [6.45, 7) is 2.74. The smallest absolute Gasteiger partial charge is 0.249 e. The van der Waals surface area contributed by atoms with Gasteiger partial charge in [-0.2, -0.15) is 0 Å². The number of halogens is 1. The minimum absolute atomic E-state index is 0.146. The van der Waals surface area contributed by atoms with Crippen molar-refractivity contribution in [3.8, 4) is 0 Å². The Balaban J connectivity index is 1.98. The molecule has 0 aliphatic heterocycles. The van der Waals surface area contributed by atoms with Gasteiger partial charge in [0.05, 0.1) is 5.56 Å². The summed E-state index contributed by atoms with van der Waals surface area (Å²) in [6.07, 6.45) is 0. The van der Waals surface area contributed by atoms with Gasteiger partial charge in [-0.3, -0.25) is 4.79 Å². The van der Waals surface area contributed by atoms with Gasteiger partial charge in [0.15, 0.2) is 0 Å². The lowest BCUT2D eigenvalue weighted by atomic mass is 10.1. The number of benzene rings is 1. The highest BCUT2D eigenvalue weighted by atomic mass is 35.5. The fourth-order valence-electron chi connectivity index (χ4n) is 1.79. The van der Waals surface area contributed by atoms with E-state index >= 15 is 0 Å². The van der Waals surface area contributed by atoms with E-state index in [1.54, 1.807) is 5.38 Å². The fourth-order valence-corrected chi connectivity index (χ4v) is 2.92. The van der Waals surface area contributed by atoms with Crippen molar-refractivity contribution in [2.75, 3.05) is 0 Å². The van der Waals surface area contributed by atoms with Crippen molar-refractivity contribution < 1.29 is 4.79 Å². The van der Waals surface area contributed by atoms with E-state index in [2.05, 4.69) is 12.2 Å². The molecule has 0 saturated carbocycles. The van der Waals surface area contributed by atoms with Gasteiger partial charge in [0.1, 0.15) is 0 Å². The summed E-state index contributed by atoms with van der Waals surface area (Å²) in [5, 5.41) is 5.92. The van der Waals surface area contributed by atoms with Crippen LogP contribution in [0.4, 0.5) is 0 Å². The van der Waals surface area contributed by atoms with Crippen LogP contribution in [0.3, 0.4) is 0 Å². The number of nitrogens with one attached hydrogen (secondary N) is 1. The molecular formula is C14H15ClN2OS. The lowest BCUT2D eigenvalue weighted by Crippen LogP contribution is -2.17. The van der Waals surface area contributed by atoms with Crippen LogP contribution in [0.15, 0.2) is 35.7 Å². The second-order valence-corrected chi connectivity index (χ2v) is 5.69. The summed E-state index contributed by atoms with van der Waals surface area (Å²) in [4.78, 5) is 12.1. The zero-order valence-corrected chi connectivity index (χ0v) is 12.1. The maximum atomic E-state index is 11.0. The summed E-state index contributed by atoms with van der Waals surface area (Å²) in [5.74, 6) is -0.387. The standard InChI is InChI=1S/C14H15ClN2OS/c1-9(12-4-2-3-5-13(12)15)17-7-11-6-10(8-19-11)14(16)18/h2-6,8-9,17H,7H2,1H3,(H2,16,18).